The maximum absolute atomic E-state index is 13.4. The summed E-state index contributed by atoms with van der Waals surface area (Å²) in [6, 6.07) is 9.63. The molecule has 2 atom stereocenters. The lowest BCUT2D eigenvalue weighted by Gasteiger charge is -2.22. The Balaban J connectivity index is 1.55. The Morgan fingerprint density at radius 1 is 1.03 bits per heavy atom. The van der Waals surface area contributed by atoms with Gasteiger partial charge in [-0.25, -0.2) is 8.42 Å². The number of methoxy groups -OCH3 is 1. The van der Waals surface area contributed by atoms with Crippen LogP contribution < -0.4 is 9.46 Å². The standard InChI is InChI=1S/C27H25NO3S2/c1-31-27-24-14-8-7-13-23(24)25(18-26(27)32-21-11-3-2-4-12-21)28-33(29,30)22-16-15-19-9-5-6-10-20(19)17-22/h2-8,10-11,13-19,21,28H,9,12H2,1H3. The molecule has 0 spiro atoms. The van der Waals surface area contributed by atoms with Crippen molar-refractivity contribution in [1.82, 2.24) is 0 Å². The normalized spacial score (nSPS) is 21.5. The first-order valence-electron chi connectivity index (χ1n) is 10.9. The molecule has 6 heteroatoms. The Bertz CT molecular complexity index is 1380. The number of hydrogen-bond donors (Lipinski definition) is 1. The van der Waals surface area contributed by atoms with Crippen LogP contribution >= 0.6 is 11.8 Å². The Hall–Kier alpha value is -2.96. The van der Waals surface area contributed by atoms with Crippen LogP contribution in [0.3, 0.4) is 0 Å². The van der Waals surface area contributed by atoms with Gasteiger partial charge in [0.15, 0.2) is 0 Å². The maximum atomic E-state index is 13.4. The fraction of sp³-hybridized carbons (Fsp3) is 0.185. The molecule has 2 aromatic rings. The molecule has 33 heavy (non-hydrogen) atoms. The summed E-state index contributed by atoms with van der Waals surface area (Å²) in [6.45, 7) is 0. The molecule has 0 aromatic heterocycles. The largest absolute Gasteiger partial charge is 0.495 e. The number of allylic oxidation sites excluding steroid dienone is 10. The molecule has 4 nitrogen and oxygen atoms in total. The summed E-state index contributed by atoms with van der Waals surface area (Å²) in [4.78, 5) is 1.18. The summed E-state index contributed by atoms with van der Waals surface area (Å²) in [6.07, 6.45) is 21.7. The lowest BCUT2D eigenvalue weighted by Crippen LogP contribution is -2.17. The molecule has 2 unspecified atom stereocenters. The summed E-state index contributed by atoms with van der Waals surface area (Å²) in [5.74, 6) is 1.01. The molecule has 2 aromatic carbocycles. The van der Waals surface area contributed by atoms with E-state index in [9.17, 15) is 8.42 Å². The second-order valence-corrected chi connectivity index (χ2v) is 11.1. The molecular weight excluding hydrogens is 450 g/mol. The molecule has 0 heterocycles. The third kappa shape index (κ3) is 4.45. The van der Waals surface area contributed by atoms with Crippen molar-refractivity contribution in [1.29, 1.82) is 0 Å². The molecule has 0 fully saturated rings. The van der Waals surface area contributed by atoms with Gasteiger partial charge in [0.05, 0.1) is 22.6 Å². The van der Waals surface area contributed by atoms with Crippen LogP contribution in [0.2, 0.25) is 0 Å². The monoisotopic (exact) mass is 475 g/mol. The van der Waals surface area contributed by atoms with Crippen LogP contribution in [0.15, 0.2) is 106 Å². The van der Waals surface area contributed by atoms with E-state index in [0.29, 0.717) is 5.69 Å². The molecule has 5 rings (SSSR count). The van der Waals surface area contributed by atoms with Crippen LogP contribution in [0.1, 0.15) is 12.8 Å². The topological polar surface area (TPSA) is 55.4 Å². The highest BCUT2D eigenvalue weighted by Crippen LogP contribution is 2.43. The van der Waals surface area contributed by atoms with Crippen LogP contribution in [0.4, 0.5) is 5.69 Å². The van der Waals surface area contributed by atoms with E-state index < -0.39 is 10.0 Å². The van der Waals surface area contributed by atoms with Gasteiger partial charge in [0, 0.05) is 21.9 Å². The number of fused-ring (bicyclic) bond motifs is 2. The third-order valence-electron chi connectivity index (χ3n) is 5.98. The van der Waals surface area contributed by atoms with E-state index in [4.69, 9.17) is 4.74 Å². The van der Waals surface area contributed by atoms with Crippen molar-refractivity contribution < 1.29 is 13.2 Å². The first-order valence-corrected chi connectivity index (χ1v) is 13.3. The van der Waals surface area contributed by atoms with Crippen molar-refractivity contribution in [2.75, 3.05) is 11.8 Å². The van der Waals surface area contributed by atoms with Crippen LogP contribution in [0.5, 0.6) is 5.75 Å². The fourth-order valence-corrected chi connectivity index (χ4v) is 6.63. The van der Waals surface area contributed by atoms with Gasteiger partial charge in [0.25, 0.3) is 10.0 Å². The van der Waals surface area contributed by atoms with Crippen molar-refractivity contribution in [3.63, 3.8) is 0 Å². The van der Waals surface area contributed by atoms with Crippen molar-refractivity contribution >= 4 is 38.2 Å². The quantitative estimate of drug-likeness (QED) is 0.517. The van der Waals surface area contributed by atoms with Gasteiger partial charge in [0.1, 0.15) is 5.75 Å². The molecule has 168 valence electrons. The number of ether oxygens (including phenoxy) is 1. The third-order valence-corrected chi connectivity index (χ3v) is 8.56. The van der Waals surface area contributed by atoms with Crippen LogP contribution in [-0.2, 0) is 10.0 Å². The minimum Gasteiger partial charge on any atom is -0.495 e. The van der Waals surface area contributed by atoms with Crippen LogP contribution in [-0.4, -0.2) is 20.8 Å². The molecule has 3 aliphatic carbocycles. The van der Waals surface area contributed by atoms with Gasteiger partial charge in [0.2, 0.25) is 0 Å². The average Bonchev–Trinajstić information content (AvgIpc) is 2.84. The Kier molecular flexibility index (Phi) is 6.04. The molecule has 0 saturated heterocycles. The zero-order valence-corrected chi connectivity index (χ0v) is 19.9. The predicted octanol–water partition coefficient (Wildman–Crippen LogP) is 6.52. The summed E-state index contributed by atoms with van der Waals surface area (Å²) < 4.78 is 35.4. The van der Waals surface area contributed by atoms with E-state index in [2.05, 4.69) is 23.0 Å². The number of anilines is 1. The van der Waals surface area contributed by atoms with Gasteiger partial charge in [-0.05, 0) is 36.6 Å². The minimum absolute atomic E-state index is 0.247. The van der Waals surface area contributed by atoms with Crippen molar-refractivity contribution in [2.24, 2.45) is 5.92 Å². The van der Waals surface area contributed by atoms with Gasteiger partial charge >= 0.3 is 0 Å². The molecule has 1 N–H and O–H groups in total. The first kappa shape index (κ1) is 21.9. The Morgan fingerprint density at radius 3 is 2.64 bits per heavy atom. The predicted molar refractivity (Wildman–Crippen MR) is 138 cm³/mol. The van der Waals surface area contributed by atoms with Crippen molar-refractivity contribution in [2.45, 2.75) is 23.0 Å². The molecule has 0 saturated carbocycles. The number of benzene rings is 2. The lowest BCUT2D eigenvalue weighted by atomic mass is 9.88. The average molecular weight is 476 g/mol. The smallest absolute Gasteiger partial charge is 0.261 e. The number of sulfonamides is 1. The highest BCUT2D eigenvalue weighted by Gasteiger charge is 2.24. The van der Waals surface area contributed by atoms with E-state index in [-0.39, 0.29) is 16.1 Å². The zero-order chi connectivity index (χ0) is 22.8. The summed E-state index contributed by atoms with van der Waals surface area (Å²) >= 11 is 1.68. The Morgan fingerprint density at radius 2 is 1.85 bits per heavy atom. The van der Waals surface area contributed by atoms with E-state index in [1.807, 2.05) is 60.7 Å². The van der Waals surface area contributed by atoms with Crippen LogP contribution in [0.25, 0.3) is 10.8 Å². The zero-order valence-electron chi connectivity index (χ0n) is 18.3. The minimum atomic E-state index is -3.76. The number of nitrogens with one attached hydrogen (secondary N) is 1. The van der Waals surface area contributed by atoms with Gasteiger partial charge in [-0.1, -0.05) is 72.9 Å². The molecule has 3 aliphatic rings. The van der Waals surface area contributed by atoms with Gasteiger partial charge in [-0.2, -0.15) is 0 Å². The molecule has 0 aliphatic heterocycles. The number of hydrogen-bond acceptors (Lipinski definition) is 4. The maximum Gasteiger partial charge on any atom is 0.261 e. The first-order chi connectivity index (χ1) is 16.0. The highest BCUT2D eigenvalue weighted by molar-refractivity contribution is 8.00. The van der Waals surface area contributed by atoms with Crippen LogP contribution in [0, 0.1) is 5.92 Å². The number of thioether (sulfide) groups is 1. The number of rotatable bonds is 6. The van der Waals surface area contributed by atoms with Gasteiger partial charge < -0.3 is 4.74 Å². The van der Waals surface area contributed by atoms with Gasteiger partial charge in [-0.15, -0.1) is 11.8 Å². The van der Waals surface area contributed by atoms with Gasteiger partial charge in [-0.3, -0.25) is 4.72 Å². The van der Waals surface area contributed by atoms with E-state index in [1.165, 1.54) is 0 Å². The van der Waals surface area contributed by atoms with E-state index in [0.717, 1.165) is 39.8 Å². The summed E-state index contributed by atoms with van der Waals surface area (Å²) in [7, 11) is -2.10. The van der Waals surface area contributed by atoms with Crippen molar-refractivity contribution in [3.05, 3.63) is 102 Å². The van der Waals surface area contributed by atoms with E-state index >= 15 is 0 Å². The van der Waals surface area contributed by atoms with E-state index in [1.54, 1.807) is 31.0 Å². The molecule has 0 bridgehead atoms. The summed E-state index contributed by atoms with van der Waals surface area (Å²) in [5, 5.41) is 1.95. The molecular formula is C27H25NO3S2. The second-order valence-electron chi connectivity index (χ2n) is 8.15. The molecule has 0 radical (unpaired) electrons. The SMILES string of the molecule is COc1c(SC2C=CC=CC2)cc(NS(=O)(=O)C2=CC3=CC=CCC3C=C2)c2ccccc12. The highest BCUT2D eigenvalue weighted by atomic mass is 32.2. The lowest BCUT2D eigenvalue weighted by molar-refractivity contribution is 0.410. The fourth-order valence-electron chi connectivity index (χ4n) is 4.32. The Labute approximate surface area is 199 Å². The second kappa shape index (κ2) is 9.12. The summed E-state index contributed by atoms with van der Waals surface area (Å²) in [5.41, 5.74) is 1.58. The molecule has 0 amide bonds. The van der Waals surface area contributed by atoms with Crippen molar-refractivity contribution in [3.8, 4) is 5.75 Å².